The number of aromatic hydroxyl groups is 2. The monoisotopic (exact) mass is 1070 g/mol. The number of ketones is 2. The second kappa shape index (κ2) is 21.5. The Kier molecular flexibility index (Phi) is 16.0. The van der Waals surface area contributed by atoms with Gasteiger partial charge < -0.3 is 74.3 Å². The van der Waals surface area contributed by atoms with Gasteiger partial charge in [0.1, 0.15) is 30.0 Å². The van der Waals surface area contributed by atoms with Crippen molar-refractivity contribution in [3.63, 3.8) is 0 Å². The van der Waals surface area contributed by atoms with Crippen LogP contribution in [0.4, 0.5) is 9.59 Å². The normalized spacial score (nSPS) is 28.9. The molecule has 24 heteroatoms. The largest absolute Gasteiger partial charge is 0.507 e. The first kappa shape index (κ1) is 55.8. The Morgan fingerprint density at radius 3 is 2.31 bits per heavy atom. The zero-order chi connectivity index (χ0) is 54.4. The quantitative estimate of drug-likeness (QED) is 0.0496. The molecule has 0 spiro atoms. The third-order valence-corrected chi connectivity index (χ3v) is 16.5. The Morgan fingerprint density at radius 2 is 1.61 bits per heavy atom. The molecule has 0 saturated carbocycles. The van der Waals surface area contributed by atoms with Gasteiger partial charge in [-0.3, -0.25) is 19.3 Å². The number of hydrogen-bond acceptors (Lipinski definition) is 19. The number of fused-ring (bicyclic) bond motifs is 6. The van der Waals surface area contributed by atoms with Gasteiger partial charge in [0.25, 0.3) is 5.91 Å². The third-order valence-electron chi connectivity index (χ3n) is 13.6. The Bertz CT molecular complexity index is 2770. The van der Waals surface area contributed by atoms with Crippen molar-refractivity contribution < 1.29 is 86.5 Å². The van der Waals surface area contributed by atoms with Crippen LogP contribution >= 0.6 is 0 Å². The number of phenolic OH excluding ortho intramolecular Hbond substituents is 2. The topological polar surface area (TPSA) is 309 Å². The lowest BCUT2D eigenvalue weighted by Crippen LogP contribution is -2.59. The summed E-state index contributed by atoms with van der Waals surface area (Å²) in [6, 6.07) is 3.16. The van der Waals surface area contributed by atoms with Gasteiger partial charge in [-0.25, -0.2) is 13.8 Å². The van der Waals surface area contributed by atoms with Crippen LogP contribution in [0.3, 0.4) is 0 Å². The predicted molar refractivity (Wildman–Crippen MR) is 264 cm³/mol. The number of rotatable bonds is 15. The molecule has 7 N–H and O–H groups in total. The molecule has 23 nitrogen and oxygen atoms in total. The van der Waals surface area contributed by atoms with Gasteiger partial charge in [0.2, 0.25) is 11.6 Å². The molecule has 8 atom stereocenters. The van der Waals surface area contributed by atoms with Gasteiger partial charge in [0.05, 0.1) is 71.1 Å². The maximum atomic E-state index is 14.3. The van der Waals surface area contributed by atoms with Crippen LogP contribution in [0, 0.1) is 22.7 Å². The number of hydrogen-bond donors (Lipinski definition) is 7. The van der Waals surface area contributed by atoms with Gasteiger partial charge in [0, 0.05) is 84.9 Å². The van der Waals surface area contributed by atoms with E-state index in [0.29, 0.717) is 13.2 Å². The fourth-order valence-corrected chi connectivity index (χ4v) is 13.7. The first-order valence-corrected chi connectivity index (χ1v) is 26.8. The highest BCUT2D eigenvalue weighted by Gasteiger charge is 2.59. The van der Waals surface area contributed by atoms with E-state index in [4.69, 9.17) is 37.9 Å². The molecule has 0 unspecified atom stereocenters. The van der Waals surface area contributed by atoms with Crippen LogP contribution in [0.2, 0.25) is 0 Å². The van der Waals surface area contributed by atoms with E-state index in [1.165, 1.54) is 25.3 Å². The van der Waals surface area contributed by atoms with E-state index in [0.717, 1.165) is 0 Å². The molecule has 4 heterocycles. The molecule has 6 aliphatic rings. The maximum Gasteiger partial charge on any atom is 0.407 e. The lowest BCUT2D eigenvalue weighted by Gasteiger charge is -2.46. The first-order chi connectivity index (χ1) is 35.3. The van der Waals surface area contributed by atoms with Crippen molar-refractivity contribution in [2.45, 2.75) is 122 Å². The van der Waals surface area contributed by atoms with E-state index in [-0.39, 0.29) is 86.4 Å². The van der Waals surface area contributed by atoms with Crippen molar-refractivity contribution in [3.05, 3.63) is 51.6 Å². The molecule has 0 aromatic heterocycles. The summed E-state index contributed by atoms with van der Waals surface area (Å²) in [5.41, 5.74) is -6.37. The van der Waals surface area contributed by atoms with E-state index in [2.05, 4.69) is 37.1 Å². The number of benzene rings is 2. The zero-order valence-corrected chi connectivity index (χ0v) is 44.1. The second-order valence-electron chi connectivity index (χ2n) is 21.2. The second-order valence-corrected chi connectivity index (χ2v) is 23.5. The minimum Gasteiger partial charge on any atom is -0.507 e. The SMILES string of the molecule is COc1cccc2c1C(=O)c1c(O)c3c(c(O)c1C2=O)C[C@@](O)(C(=O)NCCNC(=O)OCCOCCNC(=O)N=S1(=O)CC(C)(C)C#CC(C)(C)C1)C[C@]3(O)O[C@H]1C[C@H]2[C@H](O[C@@H]3[C@@H](OC(C)C)OCCN32)[C@H](C)O1. The van der Waals surface area contributed by atoms with Gasteiger partial charge in [-0.05, 0) is 54.5 Å². The zero-order valence-electron chi connectivity index (χ0n) is 43.3. The number of phenols is 2. The van der Waals surface area contributed by atoms with Gasteiger partial charge in [-0.1, -0.05) is 24.0 Å². The van der Waals surface area contributed by atoms with Crippen LogP contribution in [-0.2, 0) is 59.9 Å². The van der Waals surface area contributed by atoms with Crippen molar-refractivity contribution in [3.8, 4) is 29.1 Å². The highest BCUT2D eigenvalue weighted by Crippen LogP contribution is 2.54. The van der Waals surface area contributed by atoms with Crippen LogP contribution in [0.15, 0.2) is 22.6 Å². The van der Waals surface area contributed by atoms with Crippen LogP contribution < -0.4 is 20.7 Å². The van der Waals surface area contributed by atoms with Crippen LogP contribution in [0.5, 0.6) is 17.2 Å². The number of carbonyl (C=O) groups excluding carboxylic acids is 5. The van der Waals surface area contributed by atoms with Crippen molar-refractivity contribution >= 4 is 39.3 Å². The third kappa shape index (κ3) is 11.6. The smallest absolute Gasteiger partial charge is 0.407 e. The number of amides is 4. The molecule has 8 rings (SSSR count). The van der Waals surface area contributed by atoms with Gasteiger partial charge in [-0.15, -0.1) is 4.36 Å². The number of ether oxygens (including phenoxy) is 8. The number of methoxy groups -OCH3 is 1. The average molecular weight is 1070 g/mol. The summed E-state index contributed by atoms with van der Waals surface area (Å²) in [5, 5.41) is 56.7. The summed E-state index contributed by atoms with van der Waals surface area (Å²) in [7, 11) is -1.60. The van der Waals surface area contributed by atoms with E-state index < -0.39 is 139 Å². The molecule has 2 aromatic carbocycles. The van der Waals surface area contributed by atoms with E-state index in [1.807, 2.05) is 41.5 Å². The summed E-state index contributed by atoms with van der Waals surface area (Å²) in [5.74, 6) is -0.946. The molecular weight excluding hydrogens is 1000 g/mol. The summed E-state index contributed by atoms with van der Waals surface area (Å²) >= 11 is 0. The molecule has 0 radical (unpaired) electrons. The number of urea groups is 1. The highest BCUT2D eigenvalue weighted by molar-refractivity contribution is 7.94. The number of morpholine rings is 1. The number of alkyl carbamates (subject to hydrolysis) is 1. The van der Waals surface area contributed by atoms with E-state index in [9.17, 15) is 48.6 Å². The summed E-state index contributed by atoms with van der Waals surface area (Å²) in [6.45, 7) is 13.1. The van der Waals surface area contributed by atoms with E-state index in [1.54, 1.807) is 6.92 Å². The Morgan fingerprint density at radius 1 is 0.920 bits per heavy atom. The summed E-state index contributed by atoms with van der Waals surface area (Å²) < 4.78 is 64.5. The molecule has 75 heavy (non-hydrogen) atoms. The standard InChI is InChI=1S/C51H67N5O18S/c1-27(2)71-44-43-56(17-19-69-44)31-22-33(72-28(3)42(31)73-43)74-51(65)24-50(64,23-30-37(51)41(60)36-35(39(30)58)38(57)29-10-9-11-32(67-8)34(29)40(36)59)45(61)52-14-15-54-47(63)70-21-20-68-18-16-53-46(62)55-75(66)25-48(4,5)12-13-49(6,7)26-75/h9-11,27-28,31,33,42-44,58,60,64-65H,14-26H2,1-8H3,(H,52,61)(H,53,62)(H,54,63)/t28-,31-,33-,42+,43+,44+,50-,51-/m0/s1. The van der Waals surface area contributed by atoms with Gasteiger partial charge in [0.15, 0.2) is 30.2 Å². The van der Waals surface area contributed by atoms with E-state index >= 15 is 0 Å². The minimum atomic E-state index is -2.90. The molecule has 3 fully saturated rings. The van der Waals surface area contributed by atoms with Gasteiger partial charge >= 0.3 is 12.1 Å². The summed E-state index contributed by atoms with van der Waals surface area (Å²) in [6.07, 6.45) is -6.52. The number of carbonyl (C=O) groups is 5. The molecule has 0 bridgehead atoms. The number of nitrogens with one attached hydrogen (secondary N) is 3. The van der Waals surface area contributed by atoms with Crippen LogP contribution in [0.1, 0.15) is 104 Å². The lowest BCUT2D eigenvalue weighted by molar-refractivity contribution is -0.339. The molecule has 2 aliphatic carbocycles. The van der Waals surface area contributed by atoms with Crippen molar-refractivity contribution in [1.29, 1.82) is 0 Å². The molecule has 4 amide bonds. The minimum absolute atomic E-state index is 0.0154. The molecule has 2 aromatic rings. The fourth-order valence-electron chi connectivity index (χ4n) is 10.7. The Hall–Kier alpha value is -5.46. The highest BCUT2D eigenvalue weighted by atomic mass is 32.2. The lowest BCUT2D eigenvalue weighted by atomic mass is 9.71. The summed E-state index contributed by atoms with van der Waals surface area (Å²) in [4.78, 5) is 69.6. The molecular formula is C51H67N5O18S. The molecule has 410 valence electrons. The van der Waals surface area contributed by atoms with Crippen LogP contribution in [-0.4, -0.2) is 179 Å². The van der Waals surface area contributed by atoms with Crippen molar-refractivity contribution in [2.24, 2.45) is 15.2 Å². The Labute approximate surface area is 434 Å². The molecule has 3 saturated heterocycles. The maximum absolute atomic E-state index is 14.3. The number of aliphatic hydroxyl groups is 2. The number of nitrogens with zero attached hydrogens (tertiary/aromatic N) is 2. The van der Waals surface area contributed by atoms with Gasteiger partial charge in [-0.2, -0.15) is 0 Å². The Balaban J connectivity index is 0.913. The van der Waals surface area contributed by atoms with Crippen LogP contribution in [0.25, 0.3) is 0 Å². The fraction of sp³-hybridized carbons (Fsp3) is 0.627. The van der Waals surface area contributed by atoms with Crippen molar-refractivity contribution in [2.75, 3.05) is 71.2 Å². The predicted octanol–water partition coefficient (Wildman–Crippen LogP) is 2.14. The van der Waals surface area contributed by atoms with Crippen molar-refractivity contribution in [1.82, 2.24) is 20.9 Å². The molecule has 4 aliphatic heterocycles. The average Bonchev–Trinajstić information content (AvgIpc) is 3.67. The first-order valence-electron chi connectivity index (χ1n) is 24.9.